The topological polar surface area (TPSA) is 149 Å². The van der Waals surface area contributed by atoms with Gasteiger partial charge in [0.05, 0.1) is 0 Å². The molecule has 0 aromatic heterocycles. The van der Waals surface area contributed by atoms with E-state index in [9.17, 15) is 16.8 Å². The van der Waals surface area contributed by atoms with E-state index in [1.807, 2.05) is 13.8 Å². The summed E-state index contributed by atoms with van der Waals surface area (Å²) in [5.74, 6) is -0.944. The fourth-order valence-corrected chi connectivity index (χ4v) is 2.06. The molecule has 8 nitrogen and oxygen atoms in total. The Hall–Kier alpha value is -0.260. The zero-order chi connectivity index (χ0) is 17.3. The zero-order valence-corrected chi connectivity index (χ0v) is 14.2. The van der Waals surface area contributed by atoms with Crippen molar-refractivity contribution >= 4 is 20.2 Å². The van der Waals surface area contributed by atoms with Gasteiger partial charge in [0.2, 0.25) is 0 Å². The molecular formula is C10H26O8S2. The van der Waals surface area contributed by atoms with Crippen molar-refractivity contribution in [1.82, 2.24) is 0 Å². The summed E-state index contributed by atoms with van der Waals surface area (Å²) in [6.45, 7) is 9.99. The number of hydrogen-bond acceptors (Lipinski definition) is 6. The third-order valence-electron chi connectivity index (χ3n) is 1.75. The van der Waals surface area contributed by atoms with Crippen LogP contribution in [0.3, 0.4) is 0 Å². The molecule has 2 atom stereocenters. The molecule has 0 fully saturated rings. The van der Waals surface area contributed by atoms with Gasteiger partial charge in [0.15, 0.2) is 10.9 Å². The van der Waals surface area contributed by atoms with Crippen LogP contribution in [0.1, 0.15) is 41.5 Å². The lowest BCUT2D eigenvalue weighted by Crippen LogP contribution is -2.25. The zero-order valence-electron chi connectivity index (χ0n) is 12.5. The number of rotatable bonds is 4. The van der Waals surface area contributed by atoms with Crippen LogP contribution in [0.4, 0.5) is 0 Å². The molecule has 0 spiro atoms. The second kappa shape index (κ2) is 10.5. The largest absolute Gasteiger partial charge is 0.375 e. The van der Waals surface area contributed by atoms with Gasteiger partial charge in [0.1, 0.15) is 0 Å². The average molecular weight is 338 g/mol. The second-order valence-electron chi connectivity index (χ2n) is 4.30. The lowest BCUT2D eigenvalue weighted by molar-refractivity contribution is 0.186. The van der Waals surface area contributed by atoms with Crippen molar-refractivity contribution in [3.63, 3.8) is 0 Å². The SMILES string of the molecule is CC.CC(C)C(O)S(=O)(=O)O.CC(C)C(O)S(=O)(=O)O. The average Bonchev–Trinajstić information content (AvgIpc) is 2.27. The third kappa shape index (κ3) is 12.8. The van der Waals surface area contributed by atoms with Crippen LogP contribution in [0.15, 0.2) is 0 Å². The van der Waals surface area contributed by atoms with Gasteiger partial charge in [-0.1, -0.05) is 41.5 Å². The summed E-state index contributed by atoms with van der Waals surface area (Å²) in [4.78, 5) is 0. The first-order valence-corrected chi connectivity index (χ1v) is 9.00. The molecule has 4 N–H and O–H groups in total. The minimum absolute atomic E-state index is 0.472. The Labute approximate surface area is 121 Å². The number of aliphatic hydroxyl groups is 2. The maximum atomic E-state index is 10.1. The molecule has 2 unspecified atom stereocenters. The Morgan fingerprint density at radius 3 is 0.800 bits per heavy atom. The Morgan fingerprint density at radius 1 is 0.650 bits per heavy atom. The molecular weight excluding hydrogens is 312 g/mol. The van der Waals surface area contributed by atoms with E-state index in [2.05, 4.69) is 0 Å². The van der Waals surface area contributed by atoms with Gasteiger partial charge in [0, 0.05) is 0 Å². The smallest absolute Gasteiger partial charge is 0.292 e. The molecule has 0 aliphatic rings. The Kier molecular flexibility index (Phi) is 12.9. The van der Waals surface area contributed by atoms with Gasteiger partial charge in [-0.2, -0.15) is 16.8 Å². The van der Waals surface area contributed by atoms with Crippen LogP contribution in [0.2, 0.25) is 0 Å². The molecule has 0 saturated carbocycles. The summed E-state index contributed by atoms with van der Waals surface area (Å²) < 4.78 is 56.7. The van der Waals surface area contributed by atoms with Gasteiger partial charge in [-0.3, -0.25) is 9.11 Å². The molecule has 0 aromatic carbocycles. The molecule has 0 heterocycles. The van der Waals surface area contributed by atoms with Gasteiger partial charge in [0.25, 0.3) is 20.2 Å². The fourth-order valence-electron chi connectivity index (χ4n) is 0.688. The van der Waals surface area contributed by atoms with Crippen molar-refractivity contribution in [2.45, 2.75) is 52.4 Å². The highest BCUT2D eigenvalue weighted by atomic mass is 32.2. The molecule has 0 aliphatic heterocycles. The highest BCUT2D eigenvalue weighted by Gasteiger charge is 2.23. The summed E-state index contributed by atoms with van der Waals surface area (Å²) in [5, 5.41) is 17.2. The van der Waals surface area contributed by atoms with E-state index in [1.54, 1.807) is 0 Å². The van der Waals surface area contributed by atoms with Crippen molar-refractivity contribution in [3.8, 4) is 0 Å². The lowest BCUT2D eigenvalue weighted by atomic mass is 10.2. The van der Waals surface area contributed by atoms with Gasteiger partial charge in [-0.25, -0.2) is 0 Å². The van der Waals surface area contributed by atoms with Crippen LogP contribution in [0.25, 0.3) is 0 Å². The molecule has 0 amide bonds. The van der Waals surface area contributed by atoms with Crippen LogP contribution in [0.5, 0.6) is 0 Å². The van der Waals surface area contributed by atoms with Gasteiger partial charge >= 0.3 is 0 Å². The first-order valence-electron chi connectivity index (χ1n) is 6.00. The van der Waals surface area contributed by atoms with Crippen molar-refractivity contribution in [2.24, 2.45) is 11.8 Å². The first kappa shape index (κ1) is 24.7. The Morgan fingerprint density at radius 2 is 0.800 bits per heavy atom. The minimum Gasteiger partial charge on any atom is -0.375 e. The van der Waals surface area contributed by atoms with Crippen molar-refractivity contribution in [3.05, 3.63) is 0 Å². The number of aliphatic hydroxyl groups excluding tert-OH is 2. The van der Waals surface area contributed by atoms with E-state index in [1.165, 1.54) is 27.7 Å². The predicted molar refractivity (Wildman–Crippen MR) is 76.1 cm³/mol. The van der Waals surface area contributed by atoms with E-state index in [4.69, 9.17) is 19.3 Å². The fraction of sp³-hybridized carbons (Fsp3) is 1.00. The van der Waals surface area contributed by atoms with Crippen LogP contribution in [-0.2, 0) is 20.2 Å². The molecule has 0 saturated heterocycles. The first-order chi connectivity index (χ1) is 8.71. The summed E-state index contributed by atoms with van der Waals surface area (Å²) >= 11 is 0. The summed E-state index contributed by atoms with van der Waals surface area (Å²) in [5.41, 5.74) is -3.31. The summed E-state index contributed by atoms with van der Waals surface area (Å²) in [6, 6.07) is 0. The van der Waals surface area contributed by atoms with Crippen LogP contribution in [0, 0.1) is 11.8 Å². The van der Waals surface area contributed by atoms with Gasteiger partial charge in [-0.15, -0.1) is 0 Å². The molecule has 0 bridgehead atoms. The molecule has 20 heavy (non-hydrogen) atoms. The van der Waals surface area contributed by atoms with Crippen LogP contribution >= 0.6 is 0 Å². The molecule has 126 valence electrons. The van der Waals surface area contributed by atoms with E-state index in [0.29, 0.717) is 0 Å². The van der Waals surface area contributed by atoms with Crippen LogP contribution < -0.4 is 0 Å². The highest BCUT2D eigenvalue weighted by Crippen LogP contribution is 2.06. The lowest BCUT2D eigenvalue weighted by Gasteiger charge is -2.09. The van der Waals surface area contributed by atoms with Crippen molar-refractivity contribution in [2.75, 3.05) is 0 Å². The maximum absolute atomic E-state index is 10.1. The maximum Gasteiger partial charge on any atom is 0.292 e. The second-order valence-corrected chi connectivity index (χ2v) is 7.32. The summed E-state index contributed by atoms with van der Waals surface area (Å²) in [7, 11) is -8.49. The quantitative estimate of drug-likeness (QED) is 0.548. The molecule has 10 heteroatoms. The number of hydrogen-bond donors (Lipinski definition) is 4. The Balaban J connectivity index is -0.000000257. The van der Waals surface area contributed by atoms with E-state index in [-0.39, 0.29) is 0 Å². The van der Waals surface area contributed by atoms with Gasteiger partial charge in [-0.05, 0) is 11.8 Å². The highest BCUT2D eigenvalue weighted by molar-refractivity contribution is 7.86. The molecule has 0 aliphatic carbocycles. The summed E-state index contributed by atoms with van der Waals surface area (Å²) in [6.07, 6.45) is 0. The van der Waals surface area contributed by atoms with E-state index < -0.39 is 42.9 Å². The molecule has 0 aromatic rings. The van der Waals surface area contributed by atoms with E-state index >= 15 is 0 Å². The predicted octanol–water partition coefficient (Wildman–Crippen LogP) is 0.723. The van der Waals surface area contributed by atoms with Crippen molar-refractivity contribution < 1.29 is 36.2 Å². The van der Waals surface area contributed by atoms with Gasteiger partial charge < -0.3 is 10.2 Å². The minimum atomic E-state index is -4.25. The molecule has 0 radical (unpaired) electrons. The van der Waals surface area contributed by atoms with E-state index in [0.717, 1.165) is 0 Å². The molecule has 0 rings (SSSR count). The normalized spacial score (nSPS) is 14.8. The third-order valence-corrected chi connectivity index (χ3v) is 4.06. The van der Waals surface area contributed by atoms with Crippen LogP contribution in [-0.4, -0.2) is 47.0 Å². The Bertz CT molecular complexity index is 382. The monoisotopic (exact) mass is 338 g/mol. The standard InChI is InChI=1S/2C4H10O4S.C2H6/c2*1-3(2)4(5)9(6,7)8;1-2/h2*3-5H,1-2H3,(H,6,7,8);1-2H3. The van der Waals surface area contributed by atoms with Crippen molar-refractivity contribution in [1.29, 1.82) is 0 Å².